The minimum Gasteiger partial charge on any atom is -0.438 e. The van der Waals surface area contributed by atoms with Gasteiger partial charge in [0.2, 0.25) is 11.8 Å². The molecule has 6 heteroatoms. The van der Waals surface area contributed by atoms with E-state index < -0.39 is 0 Å². The molecule has 5 nitrogen and oxygen atoms in total. The van der Waals surface area contributed by atoms with E-state index in [1.54, 1.807) is 19.2 Å². The van der Waals surface area contributed by atoms with Gasteiger partial charge in [-0.3, -0.25) is 9.36 Å². The number of rotatable bonds is 2. The second-order valence-corrected chi connectivity index (χ2v) is 4.16. The van der Waals surface area contributed by atoms with Crippen LogP contribution in [-0.4, -0.2) is 9.55 Å². The number of nitrogens with zero attached hydrogens (tertiary/aromatic N) is 2. The minimum absolute atomic E-state index is 0.101. The zero-order chi connectivity index (χ0) is 12.4. The molecule has 0 spiro atoms. The molecule has 1 heterocycles. The quantitative estimate of drug-likeness (QED) is 0.919. The Labute approximate surface area is 106 Å². The lowest BCUT2D eigenvalue weighted by molar-refractivity contribution is 0.455. The molecule has 88 valence electrons. The van der Waals surface area contributed by atoms with Gasteiger partial charge in [0, 0.05) is 7.05 Å². The van der Waals surface area contributed by atoms with E-state index in [1.165, 1.54) is 4.57 Å². The molecular weight excluding hydrogens is 286 g/mol. The number of hydrogen-bond acceptors (Lipinski definition) is 4. The van der Waals surface area contributed by atoms with Crippen LogP contribution in [0.1, 0.15) is 0 Å². The average Bonchev–Trinajstić information content (AvgIpc) is 2.35. The molecule has 0 fully saturated rings. The molecule has 0 saturated heterocycles. The molecule has 0 aliphatic heterocycles. The van der Waals surface area contributed by atoms with Crippen LogP contribution in [0.3, 0.4) is 0 Å². The van der Waals surface area contributed by atoms with Gasteiger partial charge in [-0.2, -0.15) is 4.98 Å². The third-order valence-corrected chi connectivity index (χ3v) is 2.88. The van der Waals surface area contributed by atoms with Crippen molar-refractivity contribution in [3.05, 3.63) is 45.2 Å². The van der Waals surface area contributed by atoms with Crippen LogP contribution in [-0.2, 0) is 7.05 Å². The first kappa shape index (κ1) is 11.7. The standard InChI is InChI=1S/C11H10BrN3O2/c1-15-10(16)8(12)9(14-11(15)13)17-7-5-3-2-4-6-7/h2-6H,1H3,(H2,13,14). The molecule has 0 radical (unpaired) electrons. The van der Waals surface area contributed by atoms with Gasteiger partial charge in [-0.25, -0.2) is 0 Å². The third-order valence-electron chi connectivity index (χ3n) is 2.20. The van der Waals surface area contributed by atoms with E-state index in [0.717, 1.165) is 0 Å². The molecule has 17 heavy (non-hydrogen) atoms. The van der Waals surface area contributed by atoms with Crippen molar-refractivity contribution in [3.63, 3.8) is 0 Å². The number of nitrogen functional groups attached to an aromatic ring is 1. The lowest BCUT2D eigenvalue weighted by atomic mass is 10.3. The number of aromatic nitrogens is 2. The lowest BCUT2D eigenvalue weighted by Crippen LogP contribution is -2.22. The molecule has 0 aliphatic rings. The Hall–Kier alpha value is -1.82. The first-order valence-electron chi connectivity index (χ1n) is 4.84. The molecule has 1 aromatic carbocycles. The van der Waals surface area contributed by atoms with E-state index in [-0.39, 0.29) is 21.9 Å². The van der Waals surface area contributed by atoms with Crippen LogP contribution >= 0.6 is 15.9 Å². The summed E-state index contributed by atoms with van der Waals surface area (Å²) in [6, 6.07) is 9.05. The molecule has 2 N–H and O–H groups in total. The van der Waals surface area contributed by atoms with Gasteiger partial charge < -0.3 is 10.5 Å². The van der Waals surface area contributed by atoms with E-state index >= 15 is 0 Å². The Balaban J connectivity index is 2.44. The minimum atomic E-state index is -0.288. The molecule has 0 bridgehead atoms. The number of para-hydroxylation sites is 1. The molecule has 1 aromatic heterocycles. The highest BCUT2D eigenvalue weighted by atomic mass is 79.9. The predicted octanol–water partition coefficient (Wildman–Crippen LogP) is 1.92. The largest absolute Gasteiger partial charge is 0.438 e. The molecule has 0 atom stereocenters. The van der Waals surface area contributed by atoms with Gasteiger partial charge in [0.25, 0.3) is 5.56 Å². The fourth-order valence-corrected chi connectivity index (χ4v) is 1.67. The average molecular weight is 296 g/mol. The highest BCUT2D eigenvalue weighted by molar-refractivity contribution is 9.10. The number of nitrogens with two attached hydrogens (primary N) is 1. The number of ether oxygens (including phenoxy) is 1. The summed E-state index contributed by atoms with van der Waals surface area (Å²) in [5.41, 5.74) is 5.31. The number of anilines is 1. The van der Waals surface area contributed by atoms with E-state index in [2.05, 4.69) is 20.9 Å². The summed E-state index contributed by atoms with van der Waals surface area (Å²) in [5, 5.41) is 0. The Bertz CT molecular complexity index is 596. The summed E-state index contributed by atoms with van der Waals surface area (Å²) >= 11 is 3.15. The summed E-state index contributed by atoms with van der Waals surface area (Å²) in [4.78, 5) is 15.7. The maximum absolute atomic E-state index is 11.7. The highest BCUT2D eigenvalue weighted by Gasteiger charge is 2.12. The van der Waals surface area contributed by atoms with Gasteiger partial charge in [0.15, 0.2) is 0 Å². The summed E-state index contributed by atoms with van der Waals surface area (Å²) in [7, 11) is 1.54. The fraction of sp³-hybridized carbons (Fsp3) is 0.0909. The van der Waals surface area contributed by atoms with Crippen LogP contribution in [0, 0.1) is 0 Å². The lowest BCUT2D eigenvalue weighted by Gasteiger charge is -2.09. The number of hydrogen-bond donors (Lipinski definition) is 1. The third kappa shape index (κ3) is 2.31. The van der Waals surface area contributed by atoms with Crippen LogP contribution in [0.5, 0.6) is 11.6 Å². The second-order valence-electron chi connectivity index (χ2n) is 3.37. The predicted molar refractivity (Wildman–Crippen MR) is 68.1 cm³/mol. The van der Waals surface area contributed by atoms with Crippen molar-refractivity contribution in [1.82, 2.24) is 9.55 Å². The van der Waals surface area contributed by atoms with Crippen molar-refractivity contribution < 1.29 is 4.74 Å². The smallest absolute Gasteiger partial charge is 0.272 e. The summed E-state index contributed by atoms with van der Waals surface area (Å²) in [5.74, 6) is 0.856. The van der Waals surface area contributed by atoms with Crippen molar-refractivity contribution in [2.45, 2.75) is 0 Å². The first-order valence-corrected chi connectivity index (χ1v) is 5.64. The van der Waals surface area contributed by atoms with Gasteiger partial charge >= 0.3 is 0 Å². The van der Waals surface area contributed by atoms with Crippen molar-refractivity contribution in [2.75, 3.05) is 5.73 Å². The van der Waals surface area contributed by atoms with Gasteiger partial charge in [0.1, 0.15) is 10.2 Å². The molecular formula is C11H10BrN3O2. The first-order chi connectivity index (χ1) is 8.09. The van der Waals surface area contributed by atoms with E-state index in [1.807, 2.05) is 18.2 Å². The molecule has 0 amide bonds. The second kappa shape index (κ2) is 4.58. The van der Waals surface area contributed by atoms with Crippen LogP contribution in [0.4, 0.5) is 5.95 Å². The molecule has 2 rings (SSSR count). The normalized spacial score (nSPS) is 10.2. The zero-order valence-corrected chi connectivity index (χ0v) is 10.6. The molecule has 2 aromatic rings. The van der Waals surface area contributed by atoms with Gasteiger partial charge in [-0.15, -0.1) is 0 Å². The molecule has 0 aliphatic carbocycles. The van der Waals surface area contributed by atoms with Crippen molar-refractivity contribution in [2.24, 2.45) is 7.05 Å². The van der Waals surface area contributed by atoms with Crippen LogP contribution in [0.25, 0.3) is 0 Å². The van der Waals surface area contributed by atoms with Crippen LogP contribution < -0.4 is 16.0 Å². The van der Waals surface area contributed by atoms with Gasteiger partial charge in [-0.05, 0) is 28.1 Å². The SMILES string of the molecule is Cn1c(N)nc(Oc2ccccc2)c(Br)c1=O. The van der Waals surface area contributed by atoms with E-state index in [9.17, 15) is 4.79 Å². The number of halogens is 1. The van der Waals surface area contributed by atoms with Gasteiger partial charge in [0.05, 0.1) is 0 Å². The Morgan fingerprint density at radius 1 is 1.35 bits per heavy atom. The number of benzene rings is 1. The maximum Gasteiger partial charge on any atom is 0.272 e. The summed E-state index contributed by atoms with van der Waals surface area (Å²) in [6.45, 7) is 0. The van der Waals surface area contributed by atoms with Crippen molar-refractivity contribution in [3.8, 4) is 11.6 Å². The van der Waals surface area contributed by atoms with E-state index in [0.29, 0.717) is 5.75 Å². The van der Waals surface area contributed by atoms with Crippen molar-refractivity contribution in [1.29, 1.82) is 0 Å². The van der Waals surface area contributed by atoms with E-state index in [4.69, 9.17) is 10.5 Å². The zero-order valence-electron chi connectivity index (χ0n) is 9.05. The monoisotopic (exact) mass is 295 g/mol. The highest BCUT2D eigenvalue weighted by Crippen LogP contribution is 2.25. The Kier molecular flexibility index (Phi) is 3.14. The van der Waals surface area contributed by atoms with Crippen LogP contribution in [0.15, 0.2) is 39.6 Å². The maximum atomic E-state index is 11.7. The topological polar surface area (TPSA) is 70.1 Å². The molecule has 0 unspecified atom stereocenters. The molecule has 0 saturated carbocycles. The Morgan fingerprint density at radius 2 is 2.00 bits per heavy atom. The van der Waals surface area contributed by atoms with Crippen LogP contribution in [0.2, 0.25) is 0 Å². The van der Waals surface area contributed by atoms with Gasteiger partial charge in [-0.1, -0.05) is 18.2 Å². The summed E-state index contributed by atoms with van der Waals surface area (Å²) in [6.07, 6.45) is 0. The fourth-order valence-electron chi connectivity index (χ4n) is 1.24. The summed E-state index contributed by atoms with van der Waals surface area (Å²) < 4.78 is 6.96. The van der Waals surface area contributed by atoms with Crippen molar-refractivity contribution >= 4 is 21.9 Å². The Morgan fingerprint density at radius 3 is 2.65 bits per heavy atom.